The molecule has 0 saturated heterocycles. The van der Waals surface area contributed by atoms with Crippen molar-refractivity contribution in [1.82, 2.24) is 9.78 Å². The third kappa shape index (κ3) is 5.51. The maximum atomic E-state index is 13.3. The highest BCUT2D eigenvalue weighted by molar-refractivity contribution is 6.04. The van der Waals surface area contributed by atoms with Gasteiger partial charge in [0.1, 0.15) is 12.4 Å². The Morgan fingerprint density at radius 2 is 1.73 bits per heavy atom. The van der Waals surface area contributed by atoms with E-state index in [9.17, 15) is 14.0 Å². The summed E-state index contributed by atoms with van der Waals surface area (Å²) in [7, 11) is 0. The fourth-order valence-electron chi connectivity index (χ4n) is 3.27. The van der Waals surface area contributed by atoms with Crippen LogP contribution >= 0.6 is 0 Å². The number of nitrogens with zero attached hydrogens (tertiary/aromatic N) is 2. The van der Waals surface area contributed by atoms with Gasteiger partial charge in [-0.25, -0.2) is 4.39 Å². The van der Waals surface area contributed by atoms with E-state index in [0.29, 0.717) is 16.8 Å². The van der Waals surface area contributed by atoms with E-state index in [-0.39, 0.29) is 29.8 Å². The molecule has 4 rings (SSSR count). The Kier molecular flexibility index (Phi) is 6.59. The van der Waals surface area contributed by atoms with Crippen molar-refractivity contribution in [2.45, 2.75) is 20.0 Å². The highest BCUT2D eigenvalue weighted by Gasteiger charge is 2.09. The van der Waals surface area contributed by atoms with Crippen LogP contribution in [0.1, 0.15) is 28.4 Å². The first kappa shape index (κ1) is 22.0. The molecule has 1 heterocycles. The van der Waals surface area contributed by atoms with Gasteiger partial charge in [-0.15, -0.1) is 5.10 Å². The maximum absolute atomic E-state index is 13.3. The zero-order valence-electron chi connectivity index (χ0n) is 18.0. The number of benzene rings is 3. The van der Waals surface area contributed by atoms with Gasteiger partial charge in [-0.2, -0.15) is 4.68 Å². The van der Waals surface area contributed by atoms with Crippen molar-refractivity contribution >= 4 is 11.6 Å². The number of amides is 1. The number of aromatic nitrogens is 2. The van der Waals surface area contributed by atoms with Gasteiger partial charge in [-0.3, -0.25) is 9.59 Å². The minimum absolute atomic E-state index is 0.112. The zero-order chi connectivity index (χ0) is 23.2. The molecule has 0 aliphatic rings. The van der Waals surface area contributed by atoms with Crippen LogP contribution in [0.3, 0.4) is 0 Å². The van der Waals surface area contributed by atoms with Crippen LogP contribution in [0, 0.1) is 5.82 Å². The lowest BCUT2D eigenvalue weighted by molar-refractivity contribution is 0.102. The molecule has 0 aliphatic heterocycles. The highest BCUT2D eigenvalue weighted by Crippen LogP contribution is 2.15. The number of halogens is 1. The second kappa shape index (κ2) is 9.91. The van der Waals surface area contributed by atoms with Gasteiger partial charge in [-0.05, 0) is 66.1 Å². The van der Waals surface area contributed by atoms with Gasteiger partial charge in [0.15, 0.2) is 0 Å². The monoisotopic (exact) mass is 443 g/mol. The molecule has 3 aromatic carbocycles. The molecule has 0 atom stereocenters. The largest absolute Gasteiger partial charge is 0.472 e. The van der Waals surface area contributed by atoms with Crippen LogP contribution in [0.15, 0.2) is 89.7 Å². The SMILES string of the molecule is CCc1cccc(NC(=O)c2ccc(-n3nc(OCc4cccc(F)c4)ccc3=O)cc2)c1. The van der Waals surface area contributed by atoms with Crippen molar-refractivity contribution in [3.63, 3.8) is 0 Å². The molecule has 7 heteroatoms. The van der Waals surface area contributed by atoms with E-state index in [1.165, 1.54) is 28.9 Å². The molecule has 0 spiro atoms. The molecule has 1 N–H and O–H groups in total. The second-order valence-electron chi connectivity index (χ2n) is 7.40. The number of hydrogen-bond donors (Lipinski definition) is 1. The first-order valence-electron chi connectivity index (χ1n) is 10.5. The highest BCUT2D eigenvalue weighted by atomic mass is 19.1. The summed E-state index contributed by atoms with van der Waals surface area (Å²) in [4.78, 5) is 24.9. The Morgan fingerprint density at radius 1 is 0.970 bits per heavy atom. The summed E-state index contributed by atoms with van der Waals surface area (Å²) in [5.41, 5.74) is 3.10. The molecule has 0 saturated carbocycles. The Hall–Kier alpha value is -4.26. The lowest BCUT2D eigenvalue weighted by atomic mass is 10.1. The summed E-state index contributed by atoms with van der Waals surface area (Å²) in [6, 6.07) is 23.1. The number of rotatable bonds is 7. The van der Waals surface area contributed by atoms with Crippen LogP contribution in [-0.2, 0) is 13.0 Å². The van der Waals surface area contributed by atoms with Gasteiger partial charge < -0.3 is 10.1 Å². The van der Waals surface area contributed by atoms with Crippen LogP contribution in [0.5, 0.6) is 5.88 Å². The van der Waals surface area contributed by atoms with Crippen LogP contribution in [0.25, 0.3) is 5.69 Å². The van der Waals surface area contributed by atoms with Crippen LogP contribution in [0.2, 0.25) is 0 Å². The minimum Gasteiger partial charge on any atom is -0.472 e. The van der Waals surface area contributed by atoms with Gasteiger partial charge in [-0.1, -0.05) is 31.2 Å². The molecule has 1 amide bonds. The fraction of sp³-hybridized carbons (Fsp3) is 0.115. The van der Waals surface area contributed by atoms with E-state index < -0.39 is 0 Å². The fourth-order valence-corrected chi connectivity index (χ4v) is 3.27. The standard InChI is InChI=1S/C26H22FN3O3/c1-2-18-5-4-8-22(16-18)28-26(32)20-9-11-23(12-10-20)30-25(31)14-13-24(29-30)33-17-19-6-3-7-21(27)15-19/h3-16H,2,17H2,1H3,(H,28,32). The number of nitrogens with one attached hydrogen (secondary N) is 1. The summed E-state index contributed by atoms with van der Waals surface area (Å²) >= 11 is 0. The lowest BCUT2D eigenvalue weighted by Crippen LogP contribution is -2.20. The Bertz CT molecular complexity index is 1330. The van der Waals surface area contributed by atoms with Crippen molar-refractivity contribution in [2.75, 3.05) is 5.32 Å². The van der Waals surface area contributed by atoms with Crippen LogP contribution in [0.4, 0.5) is 10.1 Å². The summed E-state index contributed by atoms with van der Waals surface area (Å²) in [6.07, 6.45) is 0.880. The van der Waals surface area contributed by atoms with Crippen molar-refractivity contribution < 1.29 is 13.9 Å². The molecule has 0 fully saturated rings. The van der Waals surface area contributed by atoms with E-state index in [1.807, 2.05) is 24.3 Å². The third-order valence-corrected chi connectivity index (χ3v) is 5.02. The summed E-state index contributed by atoms with van der Waals surface area (Å²) in [5, 5.41) is 7.11. The molecule has 0 bridgehead atoms. The van der Waals surface area contributed by atoms with Gasteiger partial charge >= 0.3 is 0 Å². The quantitative estimate of drug-likeness (QED) is 0.447. The predicted octanol–water partition coefficient (Wildman–Crippen LogP) is 4.77. The van der Waals surface area contributed by atoms with Crippen molar-refractivity contribution in [2.24, 2.45) is 0 Å². The van der Waals surface area contributed by atoms with Crippen molar-refractivity contribution in [3.8, 4) is 11.6 Å². The molecule has 166 valence electrons. The molecular weight excluding hydrogens is 421 g/mol. The number of ether oxygens (including phenoxy) is 1. The molecule has 4 aromatic rings. The number of carbonyl (C=O) groups excluding carboxylic acids is 1. The van der Waals surface area contributed by atoms with E-state index >= 15 is 0 Å². The Labute approximate surface area is 190 Å². The normalized spacial score (nSPS) is 10.6. The van der Waals surface area contributed by atoms with Crippen LogP contribution in [-0.4, -0.2) is 15.7 Å². The van der Waals surface area contributed by atoms with Crippen molar-refractivity contribution in [1.29, 1.82) is 0 Å². The smallest absolute Gasteiger partial charge is 0.271 e. The summed E-state index contributed by atoms with van der Waals surface area (Å²) in [5.74, 6) is -0.380. The Balaban J connectivity index is 1.48. The number of aryl methyl sites for hydroxylation is 1. The third-order valence-electron chi connectivity index (χ3n) is 5.02. The van der Waals surface area contributed by atoms with E-state index in [2.05, 4.69) is 17.3 Å². The maximum Gasteiger partial charge on any atom is 0.271 e. The molecule has 6 nitrogen and oxygen atoms in total. The predicted molar refractivity (Wildman–Crippen MR) is 124 cm³/mol. The van der Waals surface area contributed by atoms with Gasteiger partial charge in [0.2, 0.25) is 5.88 Å². The number of anilines is 1. The minimum atomic E-state index is -0.351. The number of carbonyl (C=O) groups is 1. The molecule has 0 unspecified atom stereocenters. The molecule has 0 radical (unpaired) electrons. The first-order valence-corrected chi connectivity index (χ1v) is 10.5. The van der Waals surface area contributed by atoms with E-state index in [0.717, 1.165) is 17.7 Å². The van der Waals surface area contributed by atoms with Gasteiger partial charge in [0.05, 0.1) is 5.69 Å². The molecule has 0 aliphatic carbocycles. The van der Waals surface area contributed by atoms with Gasteiger partial charge in [0, 0.05) is 23.4 Å². The molecule has 33 heavy (non-hydrogen) atoms. The second-order valence-corrected chi connectivity index (χ2v) is 7.40. The van der Waals surface area contributed by atoms with E-state index in [4.69, 9.17) is 4.74 Å². The Morgan fingerprint density at radius 3 is 2.48 bits per heavy atom. The average Bonchev–Trinajstić information content (AvgIpc) is 2.84. The van der Waals surface area contributed by atoms with Crippen molar-refractivity contribution in [3.05, 3.63) is 118 Å². The van der Waals surface area contributed by atoms with Gasteiger partial charge in [0.25, 0.3) is 11.5 Å². The zero-order valence-corrected chi connectivity index (χ0v) is 18.0. The number of hydrogen-bond acceptors (Lipinski definition) is 4. The summed E-state index contributed by atoms with van der Waals surface area (Å²) in [6.45, 7) is 2.17. The lowest BCUT2D eigenvalue weighted by Gasteiger charge is -2.10. The average molecular weight is 443 g/mol. The summed E-state index contributed by atoms with van der Waals surface area (Å²) < 4.78 is 20.1. The topological polar surface area (TPSA) is 73.2 Å². The molecule has 1 aromatic heterocycles. The first-order chi connectivity index (χ1) is 16.0. The van der Waals surface area contributed by atoms with Crippen LogP contribution < -0.4 is 15.6 Å². The molecular formula is C26H22FN3O3. The van der Waals surface area contributed by atoms with E-state index in [1.54, 1.807) is 36.4 Å².